The molecule has 20 heavy (non-hydrogen) atoms. The summed E-state index contributed by atoms with van der Waals surface area (Å²) in [7, 11) is -1.34. The van der Waals surface area contributed by atoms with Gasteiger partial charge in [-0.3, -0.25) is 0 Å². The summed E-state index contributed by atoms with van der Waals surface area (Å²) in [6, 6.07) is 7.08. The van der Waals surface area contributed by atoms with E-state index in [-0.39, 0.29) is 0 Å². The van der Waals surface area contributed by atoms with Crippen LogP contribution in [0.2, 0.25) is 0 Å². The van der Waals surface area contributed by atoms with Crippen molar-refractivity contribution in [3.05, 3.63) is 29.8 Å². The summed E-state index contributed by atoms with van der Waals surface area (Å²) >= 11 is 0. The van der Waals surface area contributed by atoms with Gasteiger partial charge in [0, 0.05) is 19.6 Å². The van der Waals surface area contributed by atoms with Crippen molar-refractivity contribution in [1.29, 1.82) is 0 Å². The van der Waals surface area contributed by atoms with Crippen LogP contribution >= 0.6 is 0 Å². The van der Waals surface area contributed by atoms with Crippen molar-refractivity contribution in [1.82, 2.24) is 9.21 Å². The molecule has 0 aliphatic carbocycles. The second kappa shape index (κ2) is 6.67. The number of nitrogens with two attached hydrogens (primary N) is 1. The van der Waals surface area contributed by atoms with Gasteiger partial charge in [-0.05, 0) is 50.7 Å². The molecule has 0 atom stereocenters. The van der Waals surface area contributed by atoms with Gasteiger partial charge in [0.1, 0.15) is 0 Å². The number of hydrogen-bond acceptors (Lipinski definition) is 4. The van der Waals surface area contributed by atoms with E-state index in [2.05, 4.69) is 4.90 Å². The third-order valence-corrected chi connectivity index (χ3v) is 5.59. The van der Waals surface area contributed by atoms with Crippen LogP contribution in [-0.2, 0) is 16.4 Å². The SMILES string of the molecule is CN1CCCN(S(=O)(=O)c2ccc(CCN)cc2)CC1. The second-order valence-electron chi connectivity index (χ2n) is 5.24. The maximum absolute atomic E-state index is 12.6. The summed E-state index contributed by atoms with van der Waals surface area (Å²) in [5.74, 6) is 0. The molecular weight excluding hydrogens is 274 g/mol. The summed E-state index contributed by atoms with van der Waals surface area (Å²) in [5, 5.41) is 0. The second-order valence-corrected chi connectivity index (χ2v) is 7.18. The molecule has 1 aromatic rings. The highest BCUT2D eigenvalue weighted by Gasteiger charge is 2.25. The van der Waals surface area contributed by atoms with Crippen LogP contribution < -0.4 is 5.73 Å². The third kappa shape index (κ3) is 3.58. The van der Waals surface area contributed by atoms with Crippen LogP contribution in [-0.4, -0.2) is 57.4 Å². The van der Waals surface area contributed by atoms with E-state index >= 15 is 0 Å². The predicted octanol–water partition coefficient (Wildman–Crippen LogP) is 0.514. The highest BCUT2D eigenvalue weighted by molar-refractivity contribution is 7.89. The molecule has 2 N–H and O–H groups in total. The Hall–Kier alpha value is -0.950. The largest absolute Gasteiger partial charge is 0.330 e. The lowest BCUT2D eigenvalue weighted by Crippen LogP contribution is -2.34. The lowest BCUT2D eigenvalue weighted by atomic mass is 10.2. The van der Waals surface area contributed by atoms with Crippen molar-refractivity contribution in [3.63, 3.8) is 0 Å². The fourth-order valence-corrected chi connectivity index (χ4v) is 3.88. The molecule has 6 heteroatoms. The van der Waals surface area contributed by atoms with Gasteiger partial charge in [0.2, 0.25) is 10.0 Å². The number of hydrogen-bond donors (Lipinski definition) is 1. The quantitative estimate of drug-likeness (QED) is 0.879. The normalized spacial score (nSPS) is 18.9. The van der Waals surface area contributed by atoms with E-state index in [1.165, 1.54) is 0 Å². The number of sulfonamides is 1. The first-order valence-corrected chi connectivity index (χ1v) is 8.46. The van der Waals surface area contributed by atoms with Crippen LogP contribution in [0.4, 0.5) is 0 Å². The molecule has 1 aliphatic heterocycles. The van der Waals surface area contributed by atoms with E-state index in [4.69, 9.17) is 5.73 Å². The predicted molar refractivity (Wildman–Crippen MR) is 80.1 cm³/mol. The molecule has 0 radical (unpaired) electrons. The summed E-state index contributed by atoms with van der Waals surface area (Å²) in [4.78, 5) is 2.54. The Morgan fingerprint density at radius 2 is 1.80 bits per heavy atom. The molecule has 5 nitrogen and oxygen atoms in total. The molecular formula is C14H23N3O2S. The van der Waals surface area contributed by atoms with Gasteiger partial charge in [0.25, 0.3) is 0 Å². The minimum Gasteiger partial charge on any atom is -0.330 e. The van der Waals surface area contributed by atoms with Gasteiger partial charge in [-0.25, -0.2) is 8.42 Å². The average Bonchev–Trinajstić information content (AvgIpc) is 2.65. The van der Waals surface area contributed by atoms with Crippen LogP contribution in [0.25, 0.3) is 0 Å². The molecule has 0 spiro atoms. The van der Waals surface area contributed by atoms with E-state index < -0.39 is 10.0 Å². The first-order chi connectivity index (χ1) is 9.54. The van der Waals surface area contributed by atoms with Gasteiger partial charge >= 0.3 is 0 Å². The van der Waals surface area contributed by atoms with Crippen molar-refractivity contribution in [2.24, 2.45) is 5.73 Å². The summed E-state index contributed by atoms with van der Waals surface area (Å²) in [6.07, 6.45) is 1.65. The number of nitrogens with zero attached hydrogens (tertiary/aromatic N) is 2. The molecule has 1 aromatic carbocycles. The Balaban J connectivity index is 2.16. The van der Waals surface area contributed by atoms with Crippen LogP contribution in [0, 0.1) is 0 Å². The topological polar surface area (TPSA) is 66.6 Å². The zero-order chi connectivity index (χ0) is 14.6. The first-order valence-electron chi connectivity index (χ1n) is 7.02. The molecule has 0 bridgehead atoms. The van der Waals surface area contributed by atoms with Gasteiger partial charge in [-0.1, -0.05) is 12.1 Å². The maximum atomic E-state index is 12.6. The maximum Gasteiger partial charge on any atom is 0.243 e. The molecule has 1 heterocycles. The van der Waals surface area contributed by atoms with Crippen LogP contribution in [0.5, 0.6) is 0 Å². The highest BCUT2D eigenvalue weighted by Crippen LogP contribution is 2.18. The molecule has 1 saturated heterocycles. The fourth-order valence-electron chi connectivity index (χ4n) is 2.41. The molecule has 1 aliphatic rings. The van der Waals surface area contributed by atoms with Gasteiger partial charge in [0.15, 0.2) is 0 Å². The van der Waals surface area contributed by atoms with E-state index in [0.717, 1.165) is 31.5 Å². The molecule has 112 valence electrons. The molecule has 2 rings (SSSR count). The minimum absolute atomic E-state index is 0.378. The van der Waals surface area contributed by atoms with Crippen molar-refractivity contribution < 1.29 is 8.42 Å². The zero-order valence-electron chi connectivity index (χ0n) is 12.0. The van der Waals surface area contributed by atoms with E-state index in [9.17, 15) is 8.42 Å². The summed E-state index contributed by atoms with van der Waals surface area (Å²) in [6.45, 7) is 3.46. The molecule has 1 fully saturated rings. The Morgan fingerprint density at radius 3 is 2.45 bits per heavy atom. The zero-order valence-corrected chi connectivity index (χ0v) is 12.8. The van der Waals surface area contributed by atoms with Crippen LogP contribution in [0.15, 0.2) is 29.2 Å². The first kappa shape index (κ1) is 15.4. The molecule has 0 amide bonds. The van der Waals surface area contributed by atoms with Gasteiger partial charge in [-0.15, -0.1) is 0 Å². The summed E-state index contributed by atoms with van der Waals surface area (Å²) in [5.41, 5.74) is 6.57. The number of rotatable bonds is 4. The van der Waals surface area contributed by atoms with Gasteiger partial charge in [-0.2, -0.15) is 4.31 Å². The van der Waals surface area contributed by atoms with Crippen LogP contribution in [0.3, 0.4) is 0 Å². The lowest BCUT2D eigenvalue weighted by Gasteiger charge is -2.20. The monoisotopic (exact) mass is 297 g/mol. The minimum atomic E-state index is -3.37. The fraction of sp³-hybridized carbons (Fsp3) is 0.571. The van der Waals surface area contributed by atoms with Crippen molar-refractivity contribution >= 4 is 10.0 Å². The Labute approximate surface area is 121 Å². The van der Waals surface area contributed by atoms with Gasteiger partial charge in [0.05, 0.1) is 4.90 Å². The smallest absolute Gasteiger partial charge is 0.243 e. The van der Waals surface area contributed by atoms with E-state index in [1.807, 2.05) is 19.2 Å². The Kier molecular flexibility index (Phi) is 5.15. The summed E-state index contributed by atoms with van der Waals surface area (Å²) < 4.78 is 26.8. The van der Waals surface area contributed by atoms with Gasteiger partial charge < -0.3 is 10.6 Å². The third-order valence-electron chi connectivity index (χ3n) is 3.67. The van der Waals surface area contributed by atoms with Crippen molar-refractivity contribution in [2.75, 3.05) is 39.8 Å². The molecule has 0 saturated carbocycles. The number of likely N-dealkylation sites (N-methyl/N-ethyl adjacent to an activating group) is 1. The van der Waals surface area contributed by atoms with Crippen LogP contribution in [0.1, 0.15) is 12.0 Å². The van der Waals surface area contributed by atoms with E-state index in [0.29, 0.717) is 24.5 Å². The van der Waals surface area contributed by atoms with Crippen molar-refractivity contribution in [3.8, 4) is 0 Å². The Bertz CT molecular complexity index is 528. The number of benzene rings is 1. The van der Waals surface area contributed by atoms with Crippen molar-refractivity contribution in [2.45, 2.75) is 17.7 Å². The van der Waals surface area contributed by atoms with E-state index in [1.54, 1.807) is 16.4 Å². The molecule has 0 unspecified atom stereocenters. The lowest BCUT2D eigenvalue weighted by molar-refractivity contribution is 0.347. The molecule has 0 aromatic heterocycles. The average molecular weight is 297 g/mol. The standard InChI is InChI=1S/C14H23N3O2S/c1-16-9-2-10-17(12-11-16)20(18,19)14-5-3-13(4-6-14)7-8-15/h3-6H,2,7-12,15H2,1H3. The highest BCUT2D eigenvalue weighted by atomic mass is 32.2. The Morgan fingerprint density at radius 1 is 1.10 bits per heavy atom.